The van der Waals surface area contributed by atoms with Crippen molar-refractivity contribution in [3.63, 3.8) is 0 Å². The van der Waals surface area contributed by atoms with Crippen molar-refractivity contribution in [1.29, 1.82) is 0 Å². The molecule has 1 heterocycles. The van der Waals surface area contributed by atoms with E-state index in [0.29, 0.717) is 12.8 Å². The topological polar surface area (TPSA) is 82.8 Å². The highest BCUT2D eigenvalue weighted by Crippen LogP contribution is 2.50. The van der Waals surface area contributed by atoms with Gasteiger partial charge in [-0.2, -0.15) is 8.42 Å². The maximum absolute atomic E-state index is 12.4. The fourth-order valence-corrected chi connectivity index (χ4v) is 4.57. The molecule has 4 atom stereocenters. The van der Waals surface area contributed by atoms with Gasteiger partial charge in [-0.25, -0.2) is 0 Å². The highest BCUT2D eigenvalue weighted by molar-refractivity contribution is 7.86. The van der Waals surface area contributed by atoms with Crippen molar-refractivity contribution in [2.24, 2.45) is 17.3 Å². The molecule has 0 spiro atoms. The summed E-state index contributed by atoms with van der Waals surface area (Å²) in [7, 11) is -2.38. The number of hydrogen-bond acceptors (Lipinski definition) is 6. The first kappa shape index (κ1) is 17.2. The first-order valence-electron chi connectivity index (χ1n) is 7.86. The summed E-state index contributed by atoms with van der Waals surface area (Å²) in [6.07, 6.45) is 6.78. The summed E-state index contributed by atoms with van der Waals surface area (Å²) in [5.41, 5.74) is 1.83. The van der Waals surface area contributed by atoms with Crippen molar-refractivity contribution in [2.45, 2.75) is 32.8 Å². The van der Waals surface area contributed by atoms with Crippen LogP contribution in [0.4, 0.5) is 0 Å². The molecule has 0 N–H and O–H groups in total. The number of allylic oxidation sites excluding steroid dienone is 1. The van der Waals surface area contributed by atoms with Gasteiger partial charge in [-0.3, -0.25) is 8.98 Å². The van der Waals surface area contributed by atoms with Crippen molar-refractivity contribution >= 4 is 16.1 Å². The van der Waals surface area contributed by atoms with Gasteiger partial charge < -0.3 is 9.15 Å². The summed E-state index contributed by atoms with van der Waals surface area (Å²) in [6, 6.07) is 0. The van der Waals surface area contributed by atoms with Gasteiger partial charge in [0.1, 0.15) is 11.9 Å². The molecule has 6 nitrogen and oxygen atoms in total. The number of fused-ring (bicyclic) bond motifs is 2. The Morgan fingerprint density at radius 1 is 1.42 bits per heavy atom. The molecule has 1 unspecified atom stereocenters. The molecule has 2 aliphatic carbocycles. The molecule has 1 aromatic rings. The van der Waals surface area contributed by atoms with E-state index in [4.69, 9.17) is 13.3 Å². The Morgan fingerprint density at radius 2 is 2.12 bits per heavy atom. The minimum Gasteiger partial charge on any atom is -0.469 e. The number of esters is 1. The van der Waals surface area contributed by atoms with E-state index in [-0.39, 0.29) is 11.3 Å². The molecule has 0 aliphatic heterocycles. The van der Waals surface area contributed by atoms with E-state index < -0.39 is 28.1 Å². The molecule has 2 aliphatic rings. The highest BCUT2D eigenvalue weighted by Gasteiger charge is 2.51. The fraction of sp³-hybridized carbons (Fsp3) is 0.588. The van der Waals surface area contributed by atoms with Crippen LogP contribution in [0.1, 0.15) is 23.8 Å². The SMILES string of the molecule is COC(=O)[C@@H]1C(OS(C)(=O)=O)C=C[C@@]2(C)Cc3occ(C)c3C[C@@H]12. The molecule has 7 heteroatoms. The van der Waals surface area contributed by atoms with Gasteiger partial charge in [0.15, 0.2) is 0 Å². The number of carbonyl (C=O) groups excluding carboxylic acids is 1. The summed E-state index contributed by atoms with van der Waals surface area (Å²) < 4.78 is 38.9. The number of carbonyl (C=O) groups is 1. The van der Waals surface area contributed by atoms with Gasteiger partial charge in [0.2, 0.25) is 0 Å². The van der Waals surface area contributed by atoms with E-state index in [1.807, 2.05) is 13.0 Å². The lowest BCUT2D eigenvalue weighted by atomic mass is 9.58. The van der Waals surface area contributed by atoms with E-state index in [0.717, 1.165) is 23.1 Å². The lowest BCUT2D eigenvalue weighted by Crippen LogP contribution is -2.50. The minimum atomic E-state index is -3.69. The Labute approximate surface area is 141 Å². The van der Waals surface area contributed by atoms with Crippen LogP contribution in [0.2, 0.25) is 0 Å². The number of hydrogen-bond donors (Lipinski definition) is 0. The zero-order valence-electron chi connectivity index (χ0n) is 14.2. The summed E-state index contributed by atoms with van der Waals surface area (Å²) in [4.78, 5) is 12.4. The molecule has 0 saturated heterocycles. The van der Waals surface area contributed by atoms with Crippen LogP contribution in [-0.4, -0.2) is 33.9 Å². The van der Waals surface area contributed by atoms with Crippen molar-refractivity contribution < 1.29 is 26.5 Å². The third-order valence-corrected chi connectivity index (χ3v) is 5.79. The molecule has 1 aromatic heterocycles. The predicted molar refractivity (Wildman–Crippen MR) is 86.8 cm³/mol. The van der Waals surface area contributed by atoms with Gasteiger partial charge in [0, 0.05) is 6.42 Å². The van der Waals surface area contributed by atoms with E-state index in [1.165, 1.54) is 7.11 Å². The summed E-state index contributed by atoms with van der Waals surface area (Å²) in [6.45, 7) is 4.03. The summed E-state index contributed by atoms with van der Waals surface area (Å²) in [5, 5.41) is 0. The molecule has 0 fully saturated rings. The van der Waals surface area contributed by atoms with Crippen molar-refractivity contribution in [3.05, 3.63) is 35.3 Å². The van der Waals surface area contributed by atoms with Crippen molar-refractivity contribution in [1.82, 2.24) is 0 Å². The monoisotopic (exact) mass is 354 g/mol. The Bertz CT molecular complexity index is 790. The van der Waals surface area contributed by atoms with Crippen LogP contribution < -0.4 is 0 Å². The normalized spacial score (nSPS) is 32.1. The average Bonchev–Trinajstić information content (AvgIpc) is 2.83. The largest absolute Gasteiger partial charge is 0.469 e. The number of aryl methyl sites for hydroxylation is 1. The molecule has 3 rings (SSSR count). The molecular formula is C17H22O6S. The van der Waals surface area contributed by atoms with Gasteiger partial charge in [0.25, 0.3) is 10.1 Å². The molecule has 0 radical (unpaired) electrons. The van der Waals surface area contributed by atoms with Crippen molar-refractivity contribution in [3.8, 4) is 0 Å². The van der Waals surface area contributed by atoms with Crippen LogP contribution in [0.25, 0.3) is 0 Å². The summed E-state index contributed by atoms with van der Waals surface area (Å²) >= 11 is 0. The maximum Gasteiger partial charge on any atom is 0.312 e. The van der Waals surface area contributed by atoms with Crippen LogP contribution in [0.3, 0.4) is 0 Å². The van der Waals surface area contributed by atoms with Crippen LogP contribution in [0, 0.1) is 24.2 Å². The van der Waals surface area contributed by atoms with Gasteiger partial charge in [-0.15, -0.1) is 0 Å². The van der Waals surface area contributed by atoms with E-state index >= 15 is 0 Å². The molecule has 132 valence electrons. The second-order valence-electron chi connectivity index (χ2n) is 6.99. The Morgan fingerprint density at radius 3 is 2.75 bits per heavy atom. The Hall–Kier alpha value is -1.60. The smallest absolute Gasteiger partial charge is 0.312 e. The van der Waals surface area contributed by atoms with Gasteiger partial charge >= 0.3 is 5.97 Å². The van der Waals surface area contributed by atoms with Crippen molar-refractivity contribution in [2.75, 3.05) is 13.4 Å². The predicted octanol–water partition coefficient (Wildman–Crippen LogP) is 2.01. The lowest BCUT2D eigenvalue weighted by Gasteiger charge is -2.46. The lowest BCUT2D eigenvalue weighted by molar-refractivity contribution is -0.153. The molecule has 0 amide bonds. The Balaban J connectivity index is 2.04. The number of methoxy groups -OCH3 is 1. The second-order valence-corrected chi connectivity index (χ2v) is 8.59. The zero-order valence-corrected chi connectivity index (χ0v) is 15.1. The molecule has 24 heavy (non-hydrogen) atoms. The summed E-state index contributed by atoms with van der Waals surface area (Å²) in [5.74, 6) is -0.316. The molecular weight excluding hydrogens is 332 g/mol. The van der Waals surface area contributed by atoms with Gasteiger partial charge in [-0.05, 0) is 35.8 Å². The third kappa shape index (κ3) is 2.91. The standard InChI is InChI=1S/C17H22O6S/c1-10-9-22-14-8-17(2)6-5-13(23-24(4,19)20)15(16(18)21-3)12(17)7-11(10)14/h5-6,9,12-13,15H,7-8H2,1-4H3/t12-,13?,15-,17-/m0/s1. The first-order valence-corrected chi connectivity index (χ1v) is 9.67. The van der Waals surface area contributed by atoms with Crippen LogP contribution in [0.5, 0.6) is 0 Å². The first-order chi connectivity index (χ1) is 11.1. The minimum absolute atomic E-state index is 0.120. The zero-order chi connectivity index (χ0) is 17.7. The van der Waals surface area contributed by atoms with E-state index in [1.54, 1.807) is 12.3 Å². The van der Waals surface area contributed by atoms with Crippen LogP contribution >= 0.6 is 0 Å². The second kappa shape index (κ2) is 5.74. The van der Waals surface area contributed by atoms with E-state index in [2.05, 4.69) is 6.92 Å². The fourth-order valence-electron chi connectivity index (χ4n) is 3.99. The van der Waals surface area contributed by atoms with Crippen LogP contribution in [0.15, 0.2) is 22.8 Å². The highest BCUT2D eigenvalue weighted by atomic mass is 32.2. The number of rotatable bonds is 3. The van der Waals surface area contributed by atoms with E-state index in [9.17, 15) is 13.2 Å². The Kier molecular flexibility index (Phi) is 4.12. The number of furan rings is 1. The third-order valence-electron chi connectivity index (χ3n) is 5.22. The maximum atomic E-state index is 12.4. The average molecular weight is 354 g/mol. The quantitative estimate of drug-likeness (QED) is 0.469. The molecule has 0 saturated carbocycles. The van der Waals surface area contributed by atoms with Gasteiger partial charge in [-0.1, -0.05) is 19.1 Å². The van der Waals surface area contributed by atoms with Gasteiger partial charge in [0.05, 0.1) is 25.5 Å². The molecule has 0 aromatic carbocycles. The van der Waals surface area contributed by atoms with Crippen LogP contribution in [-0.2, 0) is 36.7 Å². The number of ether oxygens (including phenoxy) is 1. The molecule has 0 bridgehead atoms.